The molecule has 1 atom stereocenters. The van der Waals surface area contributed by atoms with Gasteiger partial charge in [-0.15, -0.1) is 5.10 Å². The van der Waals surface area contributed by atoms with Gasteiger partial charge in [-0.2, -0.15) is 9.71 Å². The first-order valence-electron chi connectivity index (χ1n) is 19.4. The Morgan fingerprint density at radius 2 is 1.73 bits per heavy atom. The molecule has 0 amide bonds. The number of rotatable bonds is 11. The number of nitrogens with one attached hydrogen (secondary N) is 3. The number of benzene rings is 4. The quantitative estimate of drug-likeness (QED) is 0.0862. The topological polar surface area (TPSA) is 262 Å². The molecule has 0 radical (unpaired) electrons. The van der Waals surface area contributed by atoms with Crippen LogP contribution in [0.4, 0.5) is 10.5 Å². The van der Waals surface area contributed by atoms with Crippen molar-refractivity contribution in [1.29, 1.82) is 0 Å². The summed E-state index contributed by atoms with van der Waals surface area (Å²) < 4.78 is 71.8. The number of H-pyrrole nitrogens is 1. The fourth-order valence-electron chi connectivity index (χ4n) is 7.04. The highest BCUT2D eigenvalue weighted by molar-refractivity contribution is 7.90. The van der Waals surface area contributed by atoms with Crippen LogP contribution in [0.1, 0.15) is 61.9 Å². The molecule has 1 saturated carbocycles. The van der Waals surface area contributed by atoms with Crippen molar-refractivity contribution < 1.29 is 45.4 Å². The van der Waals surface area contributed by atoms with Crippen LogP contribution in [0, 0.1) is 0 Å². The van der Waals surface area contributed by atoms with Crippen molar-refractivity contribution >= 4 is 60.5 Å². The van der Waals surface area contributed by atoms with E-state index in [4.69, 9.17) is 35.7 Å². The highest BCUT2D eigenvalue weighted by Crippen LogP contribution is 2.34. The minimum Gasteiger partial charge on any atom is -0.465 e. The fraction of sp³-hybridized carbons (Fsp3) is 0.300. The van der Waals surface area contributed by atoms with E-state index in [1.54, 1.807) is 12.1 Å². The van der Waals surface area contributed by atoms with Crippen LogP contribution >= 0.6 is 11.6 Å². The first kappa shape index (κ1) is 43.9. The van der Waals surface area contributed by atoms with E-state index in [2.05, 4.69) is 35.6 Å². The summed E-state index contributed by atoms with van der Waals surface area (Å²) in [4.78, 5) is 29.7. The number of para-hydroxylation sites is 1. The number of imidazole rings is 1. The highest BCUT2D eigenvalue weighted by atomic mass is 35.5. The zero-order valence-corrected chi connectivity index (χ0v) is 35.8. The lowest BCUT2D eigenvalue weighted by atomic mass is 9.98. The lowest BCUT2D eigenvalue weighted by molar-refractivity contribution is -0.0914. The number of carbonyl (C=O) groups excluding carboxylic acids is 2. The lowest BCUT2D eigenvalue weighted by Gasteiger charge is -2.22. The number of halogens is 1. The van der Waals surface area contributed by atoms with Gasteiger partial charge in [0.1, 0.15) is 15.9 Å². The fourth-order valence-corrected chi connectivity index (χ4v) is 9.32. The molecule has 1 aliphatic heterocycles. The summed E-state index contributed by atoms with van der Waals surface area (Å²) in [7, 11) is -7.80. The van der Waals surface area contributed by atoms with E-state index in [1.807, 2.05) is 66.1 Å². The predicted octanol–water partition coefficient (Wildman–Crippen LogP) is 5.97. The summed E-state index contributed by atoms with van der Waals surface area (Å²) >= 11 is 5.72. The molecular formula is C40H42ClN9O10S2. The third-order valence-corrected chi connectivity index (χ3v) is 12.7. The minimum absolute atomic E-state index is 0.0143. The summed E-state index contributed by atoms with van der Waals surface area (Å²) in [5.41, 5.74) is 5.46. The maximum Gasteiger partial charge on any atom is 0.511 e. The van der Waals surface area contributed by atoms with E-state index in [0.29, 0.717) is 36.0 Å². The van der Waals surface area contributed by atoms with Crippen molar-refractivity contribution in [3.05, 3.63) is 95.0 Å². The molecule has 3 heterocycles. The second-order valence-electron chi connectivity index (χ2n) is 14.1. The van der Waals surface area contributed by atoms with Gasteiger partial charge in [-0.3, -0.25) is 4.57 Å². The van der Waals surface area contributed by atoms with Crippen molar-refractivity contribution in [2.24, 2.45) is 5.14 Å². The Kier molecular flexibility index (Phi) is 13.4. The normalized spacial score (nSPS) is 15.3. The Balaban J connectivity index is 0.000000284. The van der Waals surface area contributed by atoms with Crippen LogP contribution in [0.3, 0.4) is 0 Å². The maximum absolute atomic E-state index is 13.4. The van der Waals surface area contributed by atoms with Gasteiger partial charge in [-0.1, -0.05) is 72.6 Å². The van der Waals surface area contributed by atoms with Crippen LogP contribution < -0.4 is 19.9 Å². The molecule has 2 aliphatic rings. The zero-order valence-electron chi connectivity index (χ0n) is 33.4. The van der Waals surface area contributed by atoms with Gasteiger partial charge in [0.2, 0.25) is 26.3 Å². The smallest absolute Gasteiger partial charge is 0.465 e. The van der Waals surface area contributed by atoms with Crippen LogP contribution in [0.25, 0.3) is 33.5 Å². The third kappa shape index (κ3) is 10.1. The molecule has 62 heavy (non-hydrogen) atoms. The van der Waals surface area contributed by atoms with Gasteiger partial charge in [0, 0.05) is 12.5 Å². The largest absolute Gasteiger partial charge is 0.511 e. The molecule has 0 saturated heterocycles. The maximum atomic E-state index is 13.4. The first-order chi connectivity index (χ1) is 29.7. The van der Waals surface area contributed by atoms with Gasteiger partial charge in [-0.05, 0) is 84.0 Å². The monoisotopic (exact) mass is 907 g/mol. The Labute approximate surface area is 361 Å². The van der Waals surface area contributed by atoms with Gasteiger partial charge in [0.05, 0.1) is 47.1 Å². The van der Waals surface area contributed by atoms with Crippen molar-refractivity contribution in [2.75, 3.05) is 18.6 Å². The average molecular weight is 908 g/mol. The number of aromatic nitrogens is 6. The predicted molar refractivity (Wildman–Crippen MR) is 226 cm³/mol. The van der Waals surface area contributed by atoms with Gasteiger partial charge in [0.25, 0.3) is 6.01 Å². The summed E-state index contributed by atoms with van der Waals surface area (Å²) in [5.74, 6) is -0.0715. The second kappa shape index (κ2) is 18.9. The number of fused-ring (bicyclic) bond motifs is 2. The molecule has 6 aromatic rings. The molecule has 4 aromatic carbocycles. The minimum atomic E-state index is -4.07. The zero-order chi connectivity index (χ0) is 44.0. The SMILES string of the molecule is CCOc1nc2cccc(C(=O)OC(C)OC(=O)OC3CCCCC3)c2n1Cc1ccc(-c2ccccc2-c2nnn[nH]2)cc1.NS(=O)(=O)c1cc2c(cc1Cl)NCNS2(=O)=O. The molecule has 326 valence electrons. The van der Waals surface area contributed by atoms with Crippen LogP contribution in [0.5, 0.6) is 6.01 Å². The van der Waals surface area contributed by atoms with Crippen molar-refractivity contribution in [3.8, 4) is 28.5 Å². The second-order valence-corrected chi connectivity index (χ2v) is 17.8. The number of sulfonamides is 2. The summed E-state index contributed by atoms with van der Waals surface area (Å²) in [6, 6.07) is 23.7. The number of nitrogens with zero attached hydrogens (tertiary/aromatic N) is 5. The number of tetrazole rings is 1. The number of ether oxygens (including phenoxy) is 4. The van der Waals surface area contributed by atoms with E-state index in [1.165, 1.54) is 13.0 Å². The molecule has 22 heteroatoms. The number of carbonyl (C=O) groups is 2. The van der Waals surface area contributed by atoms with Gasteiger partial charge in [-0.25, -0.2) is 36.7 Å². The molecule has 0 bridgehead atoms. The molecule has 19 nitrogen and oxygen atoms in total. The van der Waals surface area contributed by atoms with Crippen LogP contribution in [0.2, 0.25) is 5.02 Å². The summed E-state index contributed by atoms with van der Waals surface area (Å²) in [5, 5.41) is 21.8. The highest BCUT2D eigenvalue weighted by Gasteiger charge is 2.28. The van der Waals surface area contributed by atoms with E-state index < -0.39 is 43.4 Å². The van der Waals surface area contributed by atoms with Crippen molar-refractivity contribution in [3.63, 3.8) is 0 Å². The van der Waals surface area contributed by atoms with Gasteiger partial charge < -0.3 is 24.3 Å². The summed E-state index contributed by atoms with van der Waals surface area (Å²) in [6.45, 7) is 4.15. The Morgan fingerprint density at radius 3 is 2.42 bits per heavy atom. The van der Waals surface area contributed by atoms with Gasteiger partial charge in [0.15, 0.2) is 5.82 Å². The Hall–Kier alpha value is -6.13. The van der Waals surface area contributed by atoms with Crippen LogP contribution in [-0.4, -0.2) is 84.8 Å². The molecule has 2 aromatic heterocycles. The number of aromatic amines is 1. The molecular weight excluding hydrogens is 866 g/mol. The first-order valence-corrected chi connectivity index (χ1v) is 22.8. The number of anilines is 1. The van der Waals surface area contributed by atoms with E-state index in [-0.39, 0.29) is 33.9 Å². The summed E-state index contributed by atoms with van der Waals surface area (Å²) in [6.07, 6.45) is 2.65. The molecule has 8 rings (SSSR count). The van der Waals surface area contributed by atoms with Crippen molar-refractivity contribution in [2.45, 2.75) is 74.7 Å². The molecule has 0 spiro atoms. The van der Waals surface area contributed by atoms with E-state index >= 15 is 0 Å². The van der Waals surface area contributed by atoms with E-state index in [9.17, 15) is 26.4 Å². The van der Waals surface area contributed by atoms with Crippen molar-refractivity contribution in [1.82, 2.24) is 34.9 Å². The third-order valence-electron chi connectivity index (χ3n) is 9.88. The number of hydrogen-bond donors (Lipinski definition) is 4. The number of hydrogen-bond acceptors (Lipinski definition) is 15. The van der Waals surface area contributed by atoms with E-state index in [0.717, 1.165) is 60.4 Å². The number of nitrogens with two attached hydrogens (primary N) is 1. The molecule has 1 aliphatic carbocycles. The van der Waals surface area contributed by atoms with Crippen LogP contribution in [0.15, 0.2) is 88.7 Å². The molecule has 1 unspecified atom stereocenters. The number of primary sulfonamides is 1. The Morgan fingerprint density at radius 1 is 0.984 bits per heavy atom. The lowest BCUT2D eigenvalue weighted by Crippen LogP contribution is -2.34. The molecule has 5 N–H and O–H groups in total. The number of esters is 1. The van der Waals surface area contributed by atoms with Gasteiger partial charge >= 0.3 is 12.1 Å². The average Bonchev–Trinajstić information content (AvgIpc) is 3.90. The molecule has 1 fully saturated rings. The standard InChI is InChI=1S/C33H34N6O6.C7H8ClN3O4S2/c1-3-42-32-34-28-15-9-14-27(31(40)43-21(2)44-33(41)45-24-10-5-4-6-11-24)29(28)39(32)20-22-16-18-23(19-17-22)25-12-7-8-13-26(25)30-35-37-38-36-30;8-4-1-5-7(2-6(4)16(9,12)13)17(14,15)11-3-10-5/h7-9,12-19,21,24H,3-6,10-11,20H2,1-2H3,(H,35,36,37,38);1-2,10-11H,3H2,(H2,9,12,13). The Bertz CT molecular complexity index is 2800. The van der Waals surface area contributed by atoms with Crippen LogP contribution in [-0.2, 0) is 40.8 Å².